The molecule has 0 saturated carbocycles. The van der Waals surface area contributed by atoms with Crippen LogP contribution in [0.15, 0.2) is 18.2 Å². The Balaban J connectivity index is 1.91. The molecule has 2 heteroatoms. The minimum atomic E-state index is 0.598. The predicted molar refractivity (Wildman–Crippen MR) is 79.2 cm³/mol. The van der Waals surface area contributed by atoms with Gasteiger partial charge in [-0.15, -0.1) is 0 Å². The van der Waals surface area contributed by atoms with Crippen molar-refractivity contribution in [2.75, 3.05) is 18.5 Å². The van der Waals surface area contributed by atoms with Crippen molar-refractivity contribution >= 4 is 5.69 Å². The fourth-order valence-corrected chi connectivity index (χ4v) is 2.81. The summed E-state index contributed by atoms with van der Waals surface area (Å²) < 4.78 is 0. The van der Waals surface area contributed by atoms with Crippen molar-refractivity contribution < 1.29 is 0 Å². The highest BCUT2D eigenvalue weighted by Gasteiger charge is 2.15. The number of anilines is 1. The zero-order valence-electron chi connectivity index (χ0n) is 12.2. The van der Waals surface area contributed by atoms with E-state index in [-0.39, 0.29) is 0 Å². The Hall–Kier alpha value is -1.02. The lowest BCUT2D eigenvalue weighted by Crippen LogP contribution is -2.26. The van der Waals surface area contributed by atoms with Gasteiger partial charge in [0.2, 0.25) is 0 Å². The monoisotopic (exact) mass is 246 g/mol. The lowest BCUT2D eigenvalue weighted by molar-refractivity contribution is 0.441. The highest BCUT2D eigenvalue weighted by molar-refractivity contribution is 5.58. The largest absolute Gasteiger partial charge is 0.374 e. The molecule has 2 rings (SSSR count). The van der Waals surface area contributed by atoms with E-state index in [9.17, 15) is 0 Å². The van der Waals surface area contributed by atoms with E-state index in [1.165, 1.54) is 29.7 Å². The number of nitrogens with zero attached hydrogens (tertiary/aromatic N) is 1. The fraction of sp³-hybridized carbons (Fsp3) is 0.625. The summed E-state index contributed by atoms with van der Waals surface area (Å²) in [6.07, 6.45) is 2.44. The van der Waals surface area contributed by atoms with E-state index in [4.69, 9.17) is 0 Å². The van der Waals surface area contributed by atoms with Crippen molar-refractivity contribution in [2.45, 2.75) is 46.2 Å². The van der Waals surface area contributed by atoms with Gasteiger partial charge in [0.05, 0.1) is 0 Å². The fourth-order valence-electron chi connectivity index (χ4n) is 2.81. The minimum Gasteiger partial charge on any atom is -0.374 e. The van der Waals surface area contributed by atoms with E-state index in [1.54, 1.807) is 0 Å². The summed E-state index contributed by atoms with van der Waals surface area (Å²) in [5.74, 6) is 0.765. The van der Waals surface area contributed by atoms with Crippen molar-refractivity contribution in [1.82, 2.24) is 5.32 Å². The summed E-state index contributed by atoms with van der Waals surface area (Å²) >= 11 is 0. The van der Waals surface area contributed by atoms with Crippen LogP contribution in [0.4, 0.5) is 5.69 Å². The van der Waals surface area contributed by atoms with Crippen LogP contribution in [0.2, 0.25) is 0 Å². The second kappa shape index (κ2) is 5.75. The molecule has 1 aromatic rings. The molecule has 2 nitrogen and oxygen atoms in total. The summed E-state index contributed by atoms with van der Waals surface area (Å²) in [5, 5.41) is 3.62. The van der Waals surface area contributed by atoms with Gasteiger partial charge in [0.15, 0.2) is 0 Å². The van der Waals surface area contributed by atoms with Crippen LogP contribution in [0.3, 0.4) is 0 Å². The normalized spacial score (nSPS) is 16.2. The van der Waals surface area contributed by atoms with Gasteiger partial charge in [0.25, 0.3) is 0 Å². The molecule has 0 aliphatic carbocycles. The number of benzene rings is 1. The molecular weight excluding hydrogens is 220 g/mol. The quantitative estimate of drug-likeness (QED) is 0.858. The third kappa shape index (κ3) is 3.26. The summed E-state index contributed by atoms with van der Waals surface area (Å²) in [7, 11) is 2.18. The molecule has 0 spiro atoms. The molecule has 18 heavy (non-hydrogen) atoms. The van der Waals surface area contributed by atoms with Gasteiger partial charge in [-0.05, 0) is 42.9 Å². The first-order chi connectivity index (χ1) is 8.56. The Bertz CT molecular complexity index is 398. The zero-order chi connectivity index (χ0) is 13.1. The van der Waals surface area contributed by atoms with Gasteiger partial charge >= 0.3 is 0 Å². The Kier molecular flexibility index (Phi) is 4.28. The molecular formula is C16H26N2. The zero-order valence-corrected chi connectivity index (χ0v) is 12.2. The molecule has 1 aliphatic heterocycles. The Morgan fingerprint density at radius 2 is 2.06 bits per heavy atom. The average molecular weight is 246 g/mol. The first kappa shape index (κ1) is 13.4. The third-order valence-electron chi connectivity index (χ3n) is 3.75. The van der Waals surface area contributed by atoms with E-state index >= 15 is 0 Å². The van der Waals surface area contributed by atoms with Crippen LogP contribution in [0.1, 0.15) is 38.3 Å². The molecule has 0 aromatic heterocycles. The Morgan fingerprint density at radius 1 is 1.28 bits per heavy atom. The first-order valence-electron chi connectivity index (χ1n) is 7.12. The topological polar surface area (TPSA) is 15.3 Å². The summed E-state index contributed by atoms with van der Waals surface area (Å²) in [5.41, 5.74) is 4.34. The number of nitrogens with one attached hydrogen (secondary N) is 1. The molecule has 0 bridgehead atoms. The maximum atomic E-state index is 3.62. The van der Waals surface area contributed by atoms with Gasteiger partial charge in [-0.2, -0.15) is 0 Å². The standard InChI is InChI=1S/C16H26N2/c1-12(2)9-13(3)17-11-14-5-6-16-15(10-14)7-8-18(16)4/h5-6,10,12-13,17H,7-9,11H2,1-4H3. The smallest absolute Gasteiger partial charge is 0.0397 e. The molecule has 1 aliphatic rings. The molecule has 1 unspecified atom stereocenters. The maximum Gasteiger partial charge on any atom is 0.0397 e. The number of likely N-dealkylation sites (N-methyl/N-ethyl adjacent to an activating group) is 1. The van der Waals surface area contributed by atoms with Crippen molar-refractivity contribution in [3.05, 3.63) is 29.3 Å². The van der Waals surface area contributed by atoms with Crippen molar-refractivity contribution in [2.24, 2.45) is 5.92 Å². The molecule has 1 aromatic carbocycles. The SMILES string of the molecule is CC(C)CC(C)NCc1ccc2c(c1)CCN2C. The van der Waals surface area contributed by atoms with Crippen molar-refractivity contribution in [3.8, 4) is 0 Å². The number of rotatable bonds is 5. The van der Waals surface area contributed by atoms with Crippen molar-refractivity contribution in [1.29, 1.82) is 0 Å². The molecule has 1 heterocycles. The molecule has 0 fully saturated rings. The van der Waals surface area contributed by atoms with E-state index in [0.29, 0.717) is 6.04 Å². The van der Waals surface area contributed by atoms with Crippen LogP contribution in [0.25, 0.3) is 0 Å². The van der Waals surface area contributed by atoms with Gasteiger partial charge in [0, 0.05) is 31.9 Å². The molecule has 100 valence electrons. The Labute approximate surface area is 111 Å². The maximum absolute atomic E-state index is 3.62. The van der Waals surface area contributed by atoms with Crippen LogP contribution in [-0.4, -0.2) is 19.6 Å². The lowest BCUT2D eigenvalue weighted by Gasteiger charge is -2.17. The van der Waals surface area contributed by atoms with E-state index < -0.39 is 0 Å². The average Bonchev–Trinajstić information content (AvgIpc) is 2.67. The van der Waals surface area contributed by atoms with Gasteiger partial charge in [0.1, 0.15) is 0 Å². The number of fused-ring (bicyclic) bond motifs is 1. The summed E-state index contributed by atoms with van der Waals surface area (Å²) in [6, 6.07) is 7.50. The molecule has 0 amide bonds. The van der Waals surface area contributed by atoms with Gasteiger partial charge in [-0.3, -0.25) is 0 Å². The Morgan fingerprint density at radius 3 is 2.78 bits per heavy atom. The second-order valence-electron chi connectivity index (χ2n) is 6.05. The number of hydrogen-bond donors (Lipinski definition) is 1. The molecule has 1 N–H and O–H groups in total. The van der Waals surface area contributed by atoms with Gasteiger partial charge in [-0.25, -0.2) is 0 Å². The van der Waals surface area contributed by atoms with Crippen LogP contribution in [0, 0.1) is 5.92 Å². The lowest BCUT2D eigenvalue weighted by atomic mass is 10.0. The number of hydrogen-bond acceptors (Lipinski definition) is 2. The van der Waals surface area contributed by atoms with Crippen LogP contribution >= 0.6 is 0 Å². The van der Waals surface area contributed by atoms with Crippen LogP contribution in [-0.2, 0) is 13.0 Å². The third-order valence-corrected chi connectivity index (χ3v) is 3.75. The highest BCUT2D eigenvalue weighted by atomic mass is 15.1. The van der Waals surface area contributed by atoms with E-state index in [0.717, 1.165) is 19.0 Å². The highest BCUT2D eigenvalue weighted by Crippen LogP contribution is 2.27. The van der Waals surface area contributed by atoms with E-state index in [2.05, 4.69) is 56.2 Å². The van der Waals surface area contributed by atoms with E-state index in [1.807, 2.05) is 0 Å². The van der Waals surface area contributed by atoms with Crippen LogP contribution < -0.4 is 10.2 Å². The summed E-state index contributed by atoms with van der Waals surface area (Å²) in [4.78, 5) is 2.34. The van der Waals surface area contributed by atoms with Gasteiger partial charge in [-0.1, -0.05) is 26.0 Å². The predicted octanol–water partition coefficient (Wildman–Crippen LogP) is 3.20. The van der Waals surface area contributed by atoms with Crippen molar-refractivity contribution in [3.63, 3.8) is 0 Å². The first-order valence-corrected chi connectivity index (χ1v) is 7.12. The minimum absolute atomic E-state index is 0.598. The molecule has 0 radical (unpaired) electrons. The van der Waals surface area contributed by atoms with Crippen LogP contribution in [0.5, 0.6) is 0 Å². The molecule has 1 atom stereocenters. The van der Waals surface area contributed by atoms with Gasteiger partial charge < -0.3 is 10.2 Å². The second-order valence-corrected chi connectivity index (χ2v) is 6.05. The summed E-state index contributed by atoms with van der Waals surface area (Å²) in [6.45, 7) is 8.99. The molecule has 0 saturated heterocycles.